The van der Waals surface area contributed by atoms with Crippen LogP contribution in [0.1, 0.15) is 33.6 Å². The van der Waals surface area contributed by atoms with Crippen LogP contribution in [0.5, 0.6) is 0 Å². The average Bonchev–Trinajstić information content (AvgIpc) is 2.47. The van der Waals surface area contributed by atoms with E-state index < -0.39 is 5.60 Å². The van der Waals surface area contributed by atoms with E-state index in [9.17, 15) is 4.79 Å². The first-order valence-corrected chi connectivity index (χ1v) is 8.14. The number of rotatable bonds is 4. The van der Waals surface area contributed by atoms with Crippen LogP contribution in [-0.4, -0.2) is 48.9 Å². The van der Waals surface area contributed by atoms with Crippen LogP contribution in [0, 0.1) is 0 Å². The van der Waals surface area contributed by atoms with Crippen molar-refractivity contribution in [3.63, 3.8) is 0 Å². The van der Waals surface area contributed by atoms with Crippen LogP contribution < -0.4 is 5.32 Å². The lowest BCUT2D eigenvalue weighted by Gasteiger charge is -2.42. The van der Waals surface area contributed by atoms with Crippen LogP contribution in [0.15, 0.2) is 30.3 Å². The largest absolute Gasteiger partial charge is 0.444 e. The van der Waals surface area contributed by atoms with E-state index >= 15 is 0 Å². The molecule has 0 spiro atoms. The quantitative estimate of drug-likeness (QED) is 0.922. The van der Waals surface area contributed by atoms with Crippen LogP contribution in [-0.2, 0) is 9.47 Å². The number of carbonyl (C=O) groups excluding carboxylic acids is 1. The molecule has 1 aromatic carbocycles. The lowest BCUT2D eigenvalue weighted by Crippen LogP contribution is -2.53. The van der Waals surface area contributed by atoms with Gasteiger partial charge in [-0.25, -0.2) is 4.79 Å². The third-order valence-corrected chi connectivity index (χ3v) is 3.98. The van der Waals surface area contributed by atoms with Gasteiger partial charge in [0.15, 0.2) is 0 Å². The maximum Gasteiger partial charge on any atom is 0.410 e. The summed E-state index contributed by atoms with van der Waals surface area (Å²) in [7, 11) is 1.72. The SMILES string of the molecule is COCC1(Nc2ccccc2)CCN(C(=O)OC(C)(C)C)CC1. The molecule has 1 aromatic rings. The van der Waals surface area contributed by atoms with Crippen molar-refractivity contribution in [3.05, 3.63) is 30.3 Å². The highest BCUT2D eigenvalue weighted by Gasteiger charge is 2.37. The molecule has 1 fully saturated rings. The molecule has 128 valence electrons. The number of carbonyl (C=O) groups is 1. The summed E-state index contributed by atoms with van der Waals surface area (Å²) in [6.45, 7) is 7.61. The number of amides is 1. The predicted molar refractivity (Wildman–Crippen MR) is 91.7 cm³/mol. The molecule has 1 N–H and O–H groups in total. The fourth-order valence-electron chi connectivity index (χ4n) is 2.85. The molecule has 0 unspecified atom stereocenters. The molecule has 1 saturated heterocycles. The summed E-state index contributed by atoms with van der Waals surface area (Å²) in [6.07, 6.45) is 1.42. The van der Waals surface area contributed by atoms with E-state index in [0.717, 1.165) is 18.5 Å². The zero-order valence-corrected chi connectivity index (χ0v) is 14.6. The summed E-state index contributed by atoms with van der Waals surface area (Å²) >= 11 is 0. The summed E-state index contributed by atoms with van der Waals surface area (Å²) in [5.41, 5.74) is 0.477. The van der Waals surface area contributed by atoms with Crippen molar-refractivity contribution >= 4 is 11.8 Å². The third kappa shape index (κ3) is 5.13. The molecule has 0 atom stereocenters. The highest BCUT2D eigenvalue weighted by Crippen LogP contribution is 2.28. The maximum atomic E-state index is 12.2. The number of ether oxygens (including phenoxy) is 2. The number of para-hydroxylation sites is 1. The number of benzene rings is 1. The van der Waals surface area contributed by atoms with Crippen LogP contribution >= 0.6 is 0 Å². The Bertz CT molecular complexity index is 503. The summed E-state index contributed by atoms with van der Waals surface area (Å²) in [5.74, 6) is 0. The zero-order valence-electron chi connectivity index (χ0n) is 14.6. The Morgan fingerprint density at radius 2 is 1.83 bits per heavy atom. The van der Waals surface area contributed by atoms with Crippen LogP contribution in [0.25, 0.3) is 0 Å². The Morgan fingerprint density at radius 3 is 2.35 bits per heavy atom. The van der Waals surface area contributed by atoms with Gasteiger partial charge in [0.2, 0.25) is 0 Å². The van der Waals surface area contributed by atoms with Gasteiger partial charge in [0.05, 0.1) is 12.1 Å². The first-order valence-electron chi connectivity index (χ1n) is 8.14. The summed E-state index contributed by atoms with van der Waals surface area (Å²) < 4.78 is 10.9. The number of hydrogen-bond acceptors (Lipinski definition) is 4. The van der Waals surface area contributed by atoms with Gasteiger partial charge in [-0.2, -0.15) is 0 Å². The van der Waals surface area contributed by atoms with Crippen molar-refractivity contribution in [3.8, 4) is 0 Å². The Morgan fingerprint density at radius 1 is 1.22 bits per heavy atom. The number of methoxy groups -OCH3 is 1. The molecule has 2 rings (SSSR count). The van der Waals surface area contributed by atoms with Crippen molar-refractivity contribution in [2.75, 3.05) is 32.1 Å². The van der Waals surface area contributed by atoms with Gasteiger partial charge in [-0.05, 0) is 45.7 Å². The van der Waals surface area contributed by atoms with E-state index in [1.807, 2.05) is 39.0 Å². The van der Waals surface area contributed by atoms with Gasteiger partial charge in [-0.3, -0.25) is 0 Å². The van der Waals surface area contributed by atoms with Gasteiger partial charge in [0, 0.05) is 25.9 Å². The minimum absolute atomic E-state index is 0.144. The van der Waals surface area contributed by atoms with E-state index in [-0.39, 0.29) is 11.6 Å². The number of piperidine rings is 1. The molecule has 0 aliphatic carbocycles. The molecule has 0 radical (unpaired) electrons. The van der Waals surface area contributed by atoms with Gasteiger partial charge in [0.1, 0.15) is 5.60 Å². The van der Waals surface area contributed by atoms with Gasteiger partial charge in [-0.15, -0.1) is 0 Å². The number of nitrogens with one attached hydrogen (secondary N) is 1. The van der Waals surface area contributed by atoms with E-state index in [4.69, 9.17) is 9.47 Å². The van der Waals surface area contributed by atoms with Crippen LogP contribution in [0.3, 0.4) is 0 Å². The normalized spacial score (nSPS) is 17.7. The smallest absolute Gasteiger partial charge is 0.410 e. The molecule has 0 aromatic heterocycles. The molecule has 1 amide bonds. The van der Waals surface area contributed by atoms with Gasteiger partial charge < -0.3 is 19.7 Å². The van der Waals surface area contributed by atoms with Gasteiger partial charge >= 0.3 is 6.09 Å². The standard InChI is InChI=1S/C18H28N2O3/c1-17(2,3)23-16(21)20-12-10-18(11-13-20,14-22-4)19-15-8-6-5-7-9-15/h5-9,19H,10-14H2,1-4H3. The molecule has 5 heteroatoms. The number of anilines is 1. The summed E-state index contributed by atoms with van der Waals surface area (Å²) in [5, 5.41) is 3.60. The highest BCUT2D eigenvalue weighted by atomic mass is 16.6. The first-order chi connectivity index (χ1) is 10.8. The third-order valence-electron chi connectivity index (χ3n) is 3.98. The highest BCUT2D eigenvalue weighted by molar-refractivity contribution is 5.68. The minimum atomic E-state index is -0.458. The predicted octanol–water partition coefficient (Wildman–Crippen LogP) is 3.51. The average molecular weight is 320 g/mol. The molecule has 0 saturated carbocycles. The Hall–Kier alpha value is -1.75. The van der Waals surface area contributed by atoms with Crippen molar-refractivity contribution in [2.24, 2.45) is 0 Å². The second kappa shape index (κ2) is 7.21. The zero-order chi connectivity index (χ0) is 16.9. The second-order valence-corrected chi connectivity index (χ2v) is 7.17. The van der Waals surface area contributed by atoms with Crippen molar-refractivity contribution < 1.29 is 14.3 Å². The lowest BCUT2D eigenvalue weighted by molar-refractivity contribution is 0.0129. The first kappa shape index (κ1) is 17.6. The Balaban J connectivity index is 1.99. The van der Waals surface area contributed by atoms with Crippen LogP contribution in [0.2, 0.25) is 0 Å². The van der Waals surface area contributed by atoms with E-state index in [1.54, 1.807) is 12.0 Å². The fraction of sp³-hybridized carbons (Fsp3) is 0.611. The van der Waals surface area contributed by atoms with Crippen molar-refractivity contribution in [1.29, 1.82) is 0 Å². The minimum Gasteiger partial charge on any atom is -0.444 e. The number of nitrogens with zero attached hydrogens (tertiary/aromatic N) is 1. The Kier molecular flexibility index (Phi) is 5.52. The van der Waals surface area contributed by atoms with E-state index in [2.05, 4.69) is 17.4 Å². The second-order valence-electron chi connectivity index (χ2n) is 7.17. The maximum absolute atomic E-state index is 12.2. The molecular weight excluding hydrogens is 292 g/mol. The molecule has 1 aliphatic rings. The molecule has 1 aliphatic heterocycles. The van der Waals surface area contributed by atoms with Crippen molar-refractivity contribution in [1.82, 2.24) is 4.90 Å². The number of likely N-dealkylation sites (tertiary alicyclic amines) is 1. The number of hydrogen-bond donors (Lipinski definition) is 1. The lowest BCUT2D eigenvalue weighted by atomic mass is 9.88. The molecular formula is C18H28N2O3. The summed E-state index contributed by atoms with van der Waals surface area (Å²) in [4.78, 5) is 14.0. The van der Waals surface area contributed by atoms with Crippen molar-refractivity contribution in [2.45, 2.75) is 44.8 Å². The molecule has 23 heavy (non-hydrogen) atoms. The summed E-state index contributed by atoms with van der Waals surface area (Å²) in [6, 6.07) is 10.1. The topological polar surface area (TPSA) is 50.8 Å². The van der Waals surface area contributed by atoms with E-state index in [0.29, 0.717) is 19.7 Å². The van der Waals surface area contributed by atoms with Gasteiger partial charge in [0.25, 0.3) is 0 Å². The fourth-order valence-corrected chi connectivity index (χ4v) is 2.85. The van der Waals surface area contributed by atoms with Gasteiger partial charge in [-0.1, -0.05) is 18.2 Å². The van der Waals surface area contributed by atoms with Crippen LogP contribution in [0.4, 0.5) is 10.5 Å². The molecule has 0 bridgehead atoms. The Labute approximate surface area is 139 Å². The monoisotopic (exact) mass is 320 g/mol. The molecule has 1 heterocycles. The molecule has 5 nitrogen and oxygen atoms in total. The van der Waals surface area contributed by atoms with E-state index in [1.165, 1.54) is 0 Å².